The highest BCUT2D eigenvalue weighted by Gasteiger charge is 2.07. The molecule has 0 saturated heterocycles. The zero-order chi connectivity index (χ0) is 14.1. The standard InChI is InChI=1S/C16H13FN2O/c1-10-7-16(14(18)9-13(10)17)20-12-5-4-11-3-2-6-19-15(11)8-12/h2-9H,18H2,1H3. The quantitative estimate of drug-likeness (QED) is 0.713. The first-order chi connectivity index (χ1) is 9.63. The van der Waals surface area contributed by atoms with Crippen LogP contribution in [0, 0.1) is 12.7 Å². The molecule has 2 aromatic carbocycles. The minimum Gasteiger partial charge on any atom is -0.455 e. The second-order valence-electron chi connectivity index (χ2n) is 4.60. The summed E-state index contributed by atoms with van der Waals surface area (Å²) in [5.74, 6) is 0.725. The molecule has 3 nitrogen and oxygen atoms in total. The van der Waals surface area contributed by atoms with Gasteiger partial charge in [0.15, 0.2) is 5.75 Å². The van der Waals surface area contributed by atoms with Crippen LogP contribution in [0.25, 0.3) is 10.9 Å². The van der Waals surface area contributed by atoms with Crippen LogP contribution >= 0.6 is 0 Å². The Hall–Kier alpha value is -2.62. The van der Waals surface area contributed by atoms with Crippen LogP contribution in [0.2, 0.25) is 0 Å². The van der Waals surface area contributed by atoms with Crippen LogP contribution in [0.15, 0.2) is 48.7 Å². The molecule has 0 aliphatic heterocycles. The molecule has 0 spiro atoms. The molecular weight excluding hydrogens is 255 g/mol. The second-order valence-corrected chi connectivity index (χ2v) is 4.60. The average molecular weight is 268 g/mol. The van der Waals surface area contributed by atoms with Gasteiger partial charge in [-0.25, -0.2) is 4.39 Å². The molecule has 100 valence electrons. The fraction of sp³-hybridized carbons (Fsp3) is 0.0625. The molecule has 3 aromatic rings. The zero-order valence-electron chi connectivity index (χ0n) is 10.9. The van der Waals surface area contributed by atoms with Crippen LogP contribution in [0.5, 0.6) is 11.5 Å². The number of pyridine rings is 1. The van der Waals surface area contributed by atoms with Gasteiger partial charge in [-0.1, -0.05) is 6.07 Å². The Labute approximate surface area is 115 Å². The van der Waals surface area contributed by atoms with Crippen molar-refractivity contribution in [3.8, 4) is 11.5 Å². The van der Waals surface area contributed by atoms with E-state index in [1.54, 1.807) is 19.2 Å². The number of halogens is 1. The third kappa shape index (κ3) is 2.28. The zero-order valence-corrected chi connectivity index (χ0v) is 10.9. The predicted octanol–water partition coefficient (Wildman–Crippen LogP) is 4.06. The van der Waals surface area contributed by atoms with E-state index in [1.807, 2.05) is 30.3 Å². The van der Waals surface area contributed by atoms with Gasteiger partial charge in [0, 0.05) is 23.7 Å². The third-order valence-electron chi connectivity index (χ3n) is 3.10. The van der Waals surface area contributed by atoms with E-state index in [9.17, 15) is 4.39 Å². The minimum atomic E-state index is -0.338. The van der Waals surface area contributed by atoms with Gasteiger partial charge in [0.25, 0.3) is 0 Å². The first kappa shape index (κ1) is 12.4. The highest BCUT2D eigenvalue weighted by Crippen LogP contribution is 2.31. The topological polar surface area (TPSA) is 48.1 Å². The van der Waals surface area contributed by atoms with Crippen molar-refractivity contribution in [2.45, 2.75) is 6.92 Å². The smallest absolute Gasteiger partial charge is 0.150 e. The van der Waals surface area contributed by atoms with Gasteiger partial charge in [0.05, 0.1) is 11.2 Å². The highest BCUT2D eigenvalue weighted by molar-refractivity contribution is 5.79. The van der Waals surface area contributed by atoms with E-state index >= 15 is 0 Å². The molecule has 20 heavy (non-hydrogen) atoms. The Bertz CT molecular complexity index is 787. The van der Waals surface area contributed by atoms with Crippen molar-refractivity contribution in [1.82, 2.24) is 4.98 Å². The lowest BCUT2D eigenvalue weighted by Crippen LogP contribution is -1.95. The number of ether oxygens (including phenoxy) is 1. The summed E-state index contributed by atoms with van der Waals surface area (Å²) in [4.78, 5) is 4.27. The van der Waals surface area contributed by atoms with Crippen molar-refractivity contribution in [2.75, 3.05) is 5.73 Å². The molecule has 0 bridgehead atoms. The second kappa shape index (κ2) is 4.81. The normalized spacial score (nSPS) is 10.7. The number of nitrogens with two attached hydrogens (primary N) is 1. The monoisotopic (exact) mass is 268 g/mol. The van der Waals surface area contributed by atoms with Crippen molar-refractivity contribution in [1.29, 1.82) is 0 Å². The van der Waals surface area contributed by atoms with Crippen molar-refractivity contribution in [3.05, 3.63) is 60.0 Å². The number of fused-ring (bicyclic) bond motifs is 1. The molecule has 0 fully saturated rings. The molecule has 0 aliphatic carbocycles. The Morgan fingerprint density at radius 1 is 1.15 bits per heavy atom. The third-order valence-corrected chi connectivity index (χ3v) is 3.10. The Kier molecular flexibility index (Phi) is 2.99. The Balaban J connectivity index is 1.99. The lowest BCUT2D eigenvalue weighted by molar-refractivity contribution is 0.483. The highest BCUT2D eigenvalue weighted by atomic mass is 19.1. The number of hydrogen-bond acceptors (Lipinski definition) is 3. The molecule has 3 rings (SSSR count). The molecule has 4 heteroatoms. The maximum Gasteiger partial charge on any atom is 0.150 e. The average Bonchev–Trinajstić information content (AvgIpc) is 2.44. The van der Waals surface area contributed by atoms with Crippen molar-refractivity contribution in [2.24, 2.45) is 0 Å². The van der Waals surface area contributed by atoms with E-state index in [-0.39, 0.29) is 11.5 Å². The lowest BCUT2D eigenvalue weighted by Gasteiger charge is -2.10. The fourth-order valence-electron chi connectivity index (χ4n) is 2.00. The summed E-state index contributed by atoms with van der Waals surface area (Å²) in [5.41, 5.74) is 7.37. The van der Waals surface area contributed by atoms with E-state index in [2.05, 4.69) is 4.98 Å². The van der Waals surface area contributed by atoms with Crippen molar-refractivity contribution >= 4 is 16.6 Å². The first-order valence-electron chi connectivity index (χ1n) is 6.22. The molecule has 0 amide bonds. The van der Waals surface area contributed by atoms with Crippen LogP contribution in [-0.4, -0.2) is 4.98 Å². The largest absolute Gasteiger partial charge is 0.455 e. The summed E-state index contributed by atoms with van der Waals surface area (Å²) < 4.78 is 19.1. The van der Waals surface area contributed by atoms with Gasteiger partial charge in [0.1, 0.15) is 11.6 Å². The van der Waals surface area contributed by atoms with Crippen LogP contribution in [0.1, 0.15) is 5.56 Å². The number of rotatable bonds is 2. The van der Waals surface area contributed by atoms with Crippen molar-refractivity contribution < 1.29 is 9.13 Å². The number of aromatic nitrogens is 1. The van der Waals surface area contributed by atoms with Crippen molar-refractivity contribution in [3.63, 3.8) is 0 Å². The number of nitrogens with zero attached hydrogens (tertiary/aromatic N) is 1. The predicted molar refractivity (Wildman–Crippen MR) is 77.4 cm³/mol. The summed E-state index contributed by atoms with van der Waals surface area (Å²) >= 11 is 0. The van der Waals surface area contributed by atoms with Crippen LogP contribution < -0.4 is 10.5 Å². The maximum absolute atomic E-state index is 13.4. The number of nitrogen functional groups attached to an aromatic ring is 1. The number of benzene rings is 2. The number of hydrogen-bond donors (Lipinski definition) is 1. The molecule has 0 unspecified atom stereocenters. The Morgan fingerprint density at radius 2 is 2.00 bits per heavy atom. The minimum absolute atomic E-state index is 0.272. The van der Waals surface area contributed by atoms with Gasteiger partial charge in [-0.2, -0.15) is 0 Å². The van der Waals surface area contributed by atoms with E-state index in [0.29, 0.717) is 17.1 Å². The molecule has 2 N–H and O–H groups in total. The lowest BCUT2D eigenvalue weighted by atomic mass is 10.2. The number of anilines is 1. The van der Waals surface area contributed by atoms with Gasteiger partial charge < -0.3 is 10.5 Å². The van der Waals surface area contributed by atoms with Crippen LogP contribution in [0.3, 0.4) is 0 Å². The van der Waals surface area contributed by atoms with Gasteiger partial charge in [-0.3, -0.25) is 4.98 Å². The molecule has 0 saturated carbocycles. The van der Waals surface area contributed by atoms with Crippen LogP contribution in [-0.2, 0) is 0 Å². The van der Waals surface area contributed by atoms with Gasteiger partial charge >= 0.3 is 0 Å². The van der Waals surface area contributed by atoms with E-state index in [1.165, 1.54) is 6.07 Å². The van der Waals surface area contributed by atoms with Gasteiger partial charge in [-0.05, 0) is 36.8 Å². The Morgan fingerprint density at radius 3 is 2.85 bits per heavy atom. The summed E-state index contributed by atoms with van der Waals surface area (Å²) in [5, 5.41) is 1.03. The molecule has 0 radical (unpaired) electrons. The SMILES string of the molecule is Cc1cc(Oc2ccc3cccnc3c2)c(N)cc1F. The van der Waals surface area contributed by atoms with Crippen LogP contribution in [0.4, 0.5) is 10.1 Å². The summed E-state index contributed by atoms with van der Waals surface area (Å²) in [7, 11) is 0. The molecular formula is C16H13FN2O. The first-order valence-corrected chi connectivity index (χ1v) is 6.22. The summed E-state index contributed by atoms with van der Waals surface area (Å²) in [6.07, 6.45) is 1.72. The molecule has 0 atom stereocenters. The van der Waals surface area contributed by atoms with E-state index in [4.69, 9.17) is 10.5 Å². The summed E-state index contributed by atoms with van der Waals surface area (Å²) in [6.45, 7) is 1.67. The molecule has 0 aliphatic rings. The fourth-order valence-corrected chi connectivity index (χ4v) is 2.00. The molecule has 1 heterocycles. The van der Waals surface area contributed by atoms with E-state index in [0.717, 1.165) is 10.9 Å². The molecule has 1 aromatic heterocycles. The van der Waals surface area contributed by atoms with Gasteiger partial charge in [0.2, 0.25) is 0 Å². The number of aryl methyl sites for hydroxylation is 1. The van der Waals surface area contributed by atoms with Gasteiger partial charge in [-0.15, -0.1) is 0 Å². The maximum atomic E-state index is 13.4. The summed E-state index contributed by atoms with van der Waals surface area (Å²) in [6, 6.07) is 12.3. The van der Waals surface area contributed by atoms with E-state index < -0.39 is 0 Å².